The van der Waals surface area contributed by atoms with Crippen LogP contribution in [-0.2, 0) is 4.74 Å². The lowest BCUT2D eigenvalue weighted by atomic mass is 9.71. The number of rotatable bonds is 5. The zero-order valence-electron chi connectivity index (χ0n) is 14.0. The first kappa shape index (κ1) is 16.3. The predicted molar refractivity (Wildman–Crippen MR) is 85.1 cm³/mol. The Labute approximate surface area is 125 Å². The summed E-state index contributed by atoms with van der Waals surface area (Å²) in [5.41, 5.74) is 0.268. The first-order chi connectivity index (χ1) is 9.61. The lowest BCUT2D eigenvalue weighted by molar-refractivity contribution is -0.0434. The van der Waals surface area contributed by atoms with Crippen molar-refractivity contribution >= 4 is 0 Å². The molecule has 1 saturated carbocycles. The van der Waals surface area contributed by atoms with E-state index in [4.69, 9.17) is 4.74 Å². The molecule has 0 aromatic heterocycles. The molecule has 0 amide bonds. The zero-order chi connectivity index (χ0) is 14.6. The number of hydrogen-bond donors (Lipinski definition) is 1. The summed E-state index contributed by atoms with van der Waals surface area (Å²) in [5.74, 6) is 1.77. The molecular weight excluding hydrogens is 248 g/mol. The van der Waals surface area contributed by atoms with Crippen LogP contribution in [0.4, 0.5) is 0 Å². The van der Waals surface area contributed by atoms with Gasteiger partial charge >= 0.3 is 0 Å². The minimum absolute atomic E-state index is 0.268. The van der Waals surface area contributed by atoms with E-state index in [-0.39, 0.29) is 5.54 Å². The molecule has 3 nitrogen and oxygen atoms in total. The lowest BCUT2D eigenvalue weighted by Gasteiger charge is -2.51. The molecule has 3 heteroatoms. The van der Waals surface area contributed by atoms with Crippen LogP contribution in [0.3, 0.4) is 0 Å². The number of morpholine rings is 1. The molecule has 1 N–H and O–H groups in total. The van der Waals surface area contributed by atoms with Crippen LogP contribution in [0.15, 0.2) is 0 Å². The van der Waals surface area contributed by atoms with Crippen molar-refractivity contribution in [1.29, 1.82) is 0 Å². The van der Waals surface area contributed by atoms with Crippen LogP contribution in [0.2, 0.25) is 0 Å². The molecule has 1 aliphatic heterocycles. The molecular formula is C17H34N2O. The smallest absolute Gasteiger partial charge is 0.0594 e. The molecule has 2 atom stereocenters. The van der Waals surface area contributed by atoms with E-state index in [1.165, 1.54) is 32.1 Å². The summed E-state index contributed by atoms with van der Waals surface area (Å²) in [5, 5.41) is 3.69. The van der Waals surface area contributed by atoms with Crippen LogP contribution in [-0.4, -0.2) is 49.8 Å². The fourth-order valence-electron chi connectivity index (χ4n) is 4.39. The Balaban J connectivity index is 2.09. The summed E-state index contributed by atoms with van der Waals surface area (Å²) in [4.78, 5) is 2.68. The van der Waals surface area contributed by atoms with Crippen LogP contribution >= 0.6 is 0 Å². The van der Waals surface area contributed by atoms with Gasteiger partial charge in [0, 0.05) is 24.7 Å². The van der Waals surface area contributed by atoms with Gasteiger partial charge in [-0.05, 0) is 45.1 Å². The second-order valence-electron chi connectivity index (χ2n) is 7.10. The van der Waals surface area contributed by atoms with E-state index in [1.807, 2.05) is 0 Å². The van der Waals surface area contributed by atoms with Gasteiger partial charge in [-0.2, -0.15) is 0 Å². The van der Waals surface area contributed by atoms with E-state index in [0.717, 1.165) is 38.1 Å². The fraction of sp³-hybridized carbons (Fsp3) is 1.00. The predicted octanol–water partition coefficient (Wildman–Crippen LogP) is 2.90. The van der Waals surface area contributed by atoms with Crippen LogP contribution in [0, 0.1) is 11.8 Å². The molecule has 2 fully saturated rings. The Morgan fingerprint density at radius 3 is 2.30 bits per heavy atom. The van der Waals surface area contributed by atoms with Crippen LogP contribution in [0.1, 0.15) is 52.9 Å². The average Bonchev–Trinajstić information content (AvgIpc) is 2.50. The SMILES string of the molecule is CCC(C)(C(NC)C1CCC(C)CC1)N1CCOCC1. The van der Waals surface area contributed by atoms with Crippen molar-refractivity contribution in [2.75, 3.05) is 33.4 Å². The largest absolute Gasteiger partial charge is 0.379 e. The molecule has 2 unspecified atom stereocenters. The second-order valence-corrected chi connectivity index (χ2v) is 7.10. The maximum atomic E-state index is 5.55. The van der Waals surface area contributed by atoms with Crippen molar-refractivity contribution in [2.24, 2.45) is 11.8 Å². The third-order valence-electron chi connectivity index (χ3n) is 5.96. The van der Waals surface area contributed by atoms with Gasteiger partial charge < -0.3 is 10.1 Å². The molecule has 0 bridgehead atoms. The Kier molecular flexibility index (Phi) is 5.88. The third kappa shape index (κ3) is 3.37. The molecule has 1 aliphatic carbocycles. The van der Waals surface area contributed by atoms with Gasteiger partial charge in [-0.3, -0.25) is 4.90 Å². The highest BCUT2D eigenvalue weighted by Gasteiger charge is 2.42. The van der Waals surface area contributed by atoms with Crippen LogP contribution in [0.25, 0.3) is 0 Å². The molecule has 20 heavy (non-hydrogen) atoms. The van der Waals surface area contributed by atoms with Crippen molar-refractivity contribution in [3.8, 4) is 0 Å². The third-order valence-corrected chi connectivity index (χ3v) is 5.96. The topological polar surface area (TPSA) is 24.5 Å². The summed E-state index contributed by atoms with van der Waals surface area (Å²) >= 11 is 0. The minimum Gasteiger partial charge on any atom is -0.379 e. The van der Waals surface area contributed by atoms with Gasteiger partial charge in [-0.1, -0.05) is 26.7 Å². The van der Waals surface area contributed by atoms with Crippen molar-refractivity contribution < 1.29 is 4.74 Å². The van der Waals surface area contributed by atoms with Gasteiger partial charge in [0.25, 0.3) is 0 Å². The van der Waals surface area contributed by atoms with Gasteiger partial charge in [-0.25, -0.2) is 0 Å². The lowest BCUT2D eigenvalue weighted by Crippen LogP contribution is -2.63. The molecule has 1 heterocycles. The molecule has 1 saturated heterocycles. The molecule has 0 aromatic rings. The highest BCUT2D eigenvalue weighted by atomic mass is 16.5. The van der Waals surface area contributed by atoms with Gasteiger partial charge in [-0.15, -0.1) is 0 Å². The Morgan fingerprint density at radius 1 is 1.20 bits per heavy atom. The first-order valence-electron chi connectivity index (χ1n) is 8.62. The normalized spacial score (nSPS) is 33.6. The molecule has 2 rings (SSSR count). The molecule has 0 spiro atoms. The summed E-state index contributed by atoms with van der Waals surface area (Å²) in [6, 6.07) is 0.609. The number of hydrogen-bond acceptors (Lipinski definition) is 3. The minimum atomic E-state index is 0.268. The van der Waals surface area contributed by atoms with Gasteiger partial charge in [0.1, 0.15) is 0 Å². The average molecular weight is 282 g/mol. The number of nitrogens with zero attached hydrogens (tertiary/aromatic N) is 1. The number of ether oxygens (including phenoxy) is 1. The molecule has 0 radical (unpaired) electrons. The fourth-order valence-corrected chi connectivity index (χ4v) is 4.39. The maximum Gasteiger partial charge on any atom is 0.0594 e. The van der Waals surface area contributed by atoms with E-state index in [9.17, 15) is 0 Å². The van der Waals surface area contributed by atoms with Crippen molar-refractivity contribution in [3.05, 3.63) is 0 Å². The van der Waals surface area contributed by atoms with Gasteiger partial charge in [0.15, 0.2) is 0 Å². The summed E-state index contributed by atoms with van der Waals surface area (Å²) < 4.78 is 5.55. The monoisotopic (exact) mass is 282 g/mol. The van der Waals surface area contributed by atoms with Crippen LogP contribution < -0.4 is 5.32 Å². The maximum absolute atomic E-state index is 5.55. The molecule has 0 aromatic carbocycles. The van der Waals surface area contributed by atoms with E-state index in [0.29, 0.717) is 6.04 Å². The van der Waals surface area contributed by atoms with Crippen molar-refractivity contribution in [3.63, 3.8) is 0 Å². The van der Waals surface area contributed by atoms with E-state index in [1.54, 1.807) is 0 Å². The molecule has 118 valence electrons. The number of likely N-dealkylation sites (N-methyl/N-ethyl adjacent to an activating group) is 1. The van der Waals surface area contributed by atoms with E-state index in [2.05, 4.69) is 38.0 Å². The van der Waals surface area contributed by atoms with E-state index >= 15 is 0 Å². The van der Waals surface area contributed by atoms with Crippen molar-refractivity contribution in [1.82, 2.24) is 10.2 Å². The van der Waals surface area contributed by atoms with Crippen molar-refractivity contribution in [2.45, 2.75) is 64.5 Å². The second kappa shape index (κ2) is 7.24. The summed E-state index contributed by atoms with van der Waals surface area (Å²) in [6.07, 6.45) is 6.82. The van der Waals surface area contributed by atoms with Gasteiger partial charge in [0.2, 0.25) is 0 Å². The summed E-state index contributed by atoms with van der Waals surface area (Å²) in [7, 11) is 2.16. The van der Waals surface area contributed by atoms with Crippen LogP contribution in [0.5, 0.6) is 0 Å². The quantitative estimate of drug-likeness (QED) is 0.839. The molecule has 2 aliphatic rings. The zero-order valence-corrected chi connectivity index (χ0v) is 14.0. The highest BCUT2D eigenvalue weighted by molar-refractivity contribution is 5.00. The first-order valence-corrected chi connectivity index (χ1v) is 8.62. The standard InChI is InChI=1S/C17H34N2O/c1-5-17(3,19-10-12-20-13-11-19)16(18-4)15-8-6-14(2)7-9-15/h14-16,18H,5-13H2,1-4H3. The van der Waals surface area contributed by atoms with Gasteiger partial charge in [0.05, 0.1) is 13.2 Å². The van der Waals surface area contributed by atoms with E-state index < -0.39 is 0 Å². The Hall–Kier alpha value is -0.120. The Morgan fingerprint density at radius 2 is 1.80 bits per heavy atom. The Bertz CT molecular complexity index is 283. The summed E-state index contributed by atoms with van der Waals surface area (Å²) in [6.45, 7) is 11.2. The number of nitrogens with one attached hydrogen (secondary N) is 1. The highest BCUT2D eigenvalue weighted by Crippen LogP contribution is 2.37.